The number of fused-ring (bicyclic) bond motifs is 1. The van der Waals surface area contributed by atoms with E-state index in [-0.39, 0.29) is 11.9 Å². The van der Waals surface area contributed by atoms with Crippen LogP contribution in [0, 0.1) is 0 Å². The molecule has 0 saturated heterocycles. The van der Waals surface area contributed by atoms with E-state index in [1.54, 1.807) is 13.8 Å². The summed E-state index contributed by atoms with van der Waals surface area (Å²) in [5, 5.41) is 1.82. The smallest absolute Gasteiger partial charge is 0.331 e. The molecule has 0 fully saturated rings. The predicted molar refractivity (Wildman–Crippen MR) is 158 cm³/mol. The summed E-state index contributed by atoms with van der Waals surface area (Å²) in [7, 11) is 0. The number of benzene rings is 4. The summed E-state index contributed by atoms with van der Waals surface area (Å²) in [6.45, 7) is 7.98. The Bertz CT molecular complexity index is 1430. The number of carbonyl (C=O) groups excluding carboxylic acids is 2. The van der Waals surface area contributed by atoms with Crippen molar-refractivity contribution >= 4 is 33.9 Å². The maximum atomic E-state index is 11.7. The van der Waals surface area contributed by atoms with Gasteiger partial charge in [-0.3, -0.25) is 0 Å². The molecule has 0 heterocycles. The SMILES string of the molecule is CCOC(=O)C=C(C)c1ccc(Oc2cccc3c(Oc4ccc(C(C)=CC(=O)OCC)cc4)cccc23)cc1. The van der Waals surface area contributed by atoms with E-state index in [1.807, 2.05) is 98.8 Å². The van der Waals surface area contributed by atoms with Crippen LogP contribution >= 0.6 is 0 Å². The number of esters is 2. The summed E-state index contributed by atoms with van der Waals surface area (Å²) in [6, 6.07) is 26.8. The van der Waals surface area contributed by atoms with Crippen molar-refractivity contribution in [3.63, 3.8) is 0 Å². The highest BCUT2D eigenvalue weighted by Crippen LogP contribution is 2.37. The van der Waals surface area contributed by atoms with Gasteiger partial charge in [-0.1, -0.05) is 48.5 Å². The van der Waals surface area contributed by atoms with Crippen LogP contribution in [0.5, 0.6) is 23.0 Å². The third-order valence-corrected chi connectivity index (χ3v) is 6.16. The Labute approximate surface area is 234 Å². The molecule has 0 radical (unpaired) electrons. The van der Waals surface area contributed by atoms with Gasteiger partial charge in [0.2, 0.25) is 0 Å². The van der Waals surface area contributed by atoms with Gasteiger partial charge in [0.05, 0.1) is 13.2 Å². The van der Waals surface area contributed by atoms with Crippen molar-refractivity contribution in [3.05, 3.63) is 108 Å². The van der Waals surface area contributed by atoms with Crippen LogP contribution in [0.15, 0.2) is 97.1 Å². The molecule has 0 bridgehead atoms. The van der Waals surface area contributed by atoms with E-state index < -0.39 is 0 Å². The highest BCUT2D eigenvalue weighted by atomic mass is 16.5. The highest BCUT2D eigenvalue weighted by Gasteiger charge is 2.10. The fourth-order valence-electron chi connectivity index (χ4n) is 4.14. The minimum Gasteiger partial charge on any atom is -0.463 e. The van der Waals surface area contributed by atoms with Crippen molar-refractivity contribution < 1.29 is 28.5 Å². The van der Waals surface area contributed by atoms with Gasteiger partial charge in [-0.2, -0.15) is 0 Å². The number of rotatable bonds is 10. The molecule has 0 aliphatic carbocycles. The van der Waals surface area contributed by atoms with Crippen LogP contribution in [0.3, 0.4) is 0 Å². The molecule has 6 heteroatoms. The first-order valence-corrected chi connectivity index (χ1v) is 13.2. The Hall–Kier alpha value is -4.84. The molecule has 204 valence electrons. The first kappa shape index (κ1) is 28.2. The summed E-state index contributed by atoms with van der Waals surface area (Å²) >= 11 is 0. The zero-order valence-corrected chi connectivity index (χ0v) is 23.1. The van der Waals surface area contributed by atoms with Gasteiger partial charge < -0.3 is 18.9 Å². The van der Waals surface area contributed by atoms with E-state index in [1.165, 1.54) is 12.2 Å². The Morgan fingerprint density at radius 3 is 1.30 bits per heavy atom. The third-order valence-electron chi connectivity index (χ3n) is 6.16. The number of hydrogen-bond donors (Lipinski definition) is 0. The van der Waals surface area contributed by atoms with E-state index in [0.29, 0.717) is 36.2 Å². The molecule has 4 aromatic carbocycles. The molecule has 4 rings (SSSR count). The summed E-state index contributed by atoms with van der Waals surface area (Å²) in [5.41, 5.74) is 3.45. The molecule has 6 nitrogen and oxygen atoms in total. The summed E-state index contributed by atoms with van der Waals surface area (Å²) in [6.07, 6.45) is 2.97. The molecule has 0 atom stereocenters. The normalized spacial score (nSPS) is 11.7. The van der Waals surface area contributed by atoms with Crippen LogP contribution in [0.2, 0.25) is 0 Å². The van der Waals surface area contributed by atoms with Crippen LogP contribution in [0.25, 0.3) is 21.9 Å². The average Bonchev–Trinajstić information content (AvgIpc) is 2.94. The first-order valence-electron chi connectivity index (χ1n) is 13.2. The van der Waals surface area contributed by atoms with Crippen LogP contribution in [-0.4, -0.2) is 25.2 Å². The van der Waals surface area contributed by atoms with E-state index in [0.717, 1.165) is 33.0 Å². The van der Waals surface area contributed by atoms with Crippen LogP contribution in [-0.2, 0) is 19.1 Å². The second kappa shape index (κ2) is 13.3. The monoisotopic (exact) mass is 536 g/mol. The lowest BCUT2D eigenvalue weighted by Gasteiger charge is -2.13. The molecule has 0 amide bonds. The number of allylic oxidation sites excluding steroid dienone is 2. The fraction of sp³-hybridized carbons (Fsp3) is 0.176. The van der Waals surface area contributed by atoms with Gasteiger partial charge in [0.15, 0.2) is 0 Å². The number of carbonyl (C=O) groups is 2. The minimum absolute atomic E-state index is 0.343. The lowest BCUT2D eigenvalue weighted by Crippen LogP contribution is -2.00. The highest BCUT2D eigenvalue weighted by molar-refractivity contribution is 5.94. The fourth-order valence-corrected chi connectivity index (χ4v) is 4.14. The maximum absolute atomic E-state index is 11.7. The zero-order chi connectivity index (χ0) is 28.5. The number of hydrogen-bond acceptors (Lipinski definition) is 6. The summed E-state index contributed by atoms with van der Waals surface area (Å²) in [4.78, 5) is 23.5. The molecule has 40 heavy (non-hydrogen) atoms. The van der Waals surface area contributed by atoms with E-state index in [2.05, 4.69) is 0 Å². The Kier molecular flexibility index (Phi) is 9.36. The van der Waals surface area contributed by atoms with E-state index >= 15 is 0 Å². The van der Waals surface area contributed by atoms with Gasteiger partial charge in [-0.25, -0.2) is 9.59 Å². The summed E-state index contributed by atoms with van der Waals surface area (Å²) < 4.78 is 22.4. The first-order chi connectivity index (χ1) is 19.4. The molecule has 0 N–H and O–H groups in total. The van der Waals surface area contributed by atoms with Crippen LogP contribution in [0.4, 0.5) is 0 Å². The van der Waals surface area contributed by atoms with Gasteiger partial charge in [0, 0.05) is 22.9 Å². The van der Waals surface area contributed by atoms with Gasteiger partial charge in [0.25, 0.3) is 0 Å². The van der Waals surface area contributed by atoms with Gasteiger partial charge in [0.1, 0.15) is 23.0 Å². The molecule has 0 spiro atoms. The van der Waals surface area contributed by atoms with Crippen molar-refractivity contribution in [1.82, 2.24) is 0 Å². The van der Waals surface area contributed by atoms with Crippen LogP contribution < -0.4 is 9.47 Å². The third kappa shape index (κ3) is 7.17. The molecule has 4 aromatic rings. The van der Waals surface area contributed by atoms with Crippen molar-refractivity contribution in [3.8, 4) is 23.0 Å². The minimum atomic E-state index is -0.356. The zero-order valence-electron chi connectivity index (χ0n) is 23.1. The Morgan fingerprint density at radius 2 is 0.950 bits per heavy atom. The molecule has 0 aromatic heterocycles. The van der Waals surface area contributed by atoms with E-state index in [9.17, 15) is 9.59 Å². The van der Waals surface area contributed by atoms with Crippen molar-refractivity contribution in [1.29, 1.82) is 0 Å². The van der Waals surface area contributed by atoms with Crippen molar-refractivity contribution in [2.45, 2.75) is 27.7 Å². The molecule has 0 saturated carbocycles. The number of ether oxygens (including phenoxy) is 4. The van der Waals surface area contributed by atoms with Gasteiger partial charge in [-0.05, 0) is 86.4 Å². The molecule has 0 unspecified atom stereocenters. The van der Waals surface area contributed by atoms with Crippen molar-refractivity contribution in [2.75, 3.05) is 13.2 Å². The average molecular weight is 537 g/mol. The van der Waals surface area contributed by atoms with E-state index in [4.69, 9.17) is 18.9 Å². The maximum Gasteiger partial charge on any atom is 0.331 e. The summed E-state index contributed by atoms with van der Waals surface area (Å²) in [5.74, 6) is 2.04. The van der Waals surface area contributed by atoms with Crippen molar-refractivity contribution in [2.24, 2.45) is 0 Å². The standard InChI is InChI=1S/C34H32O6/c1-5-37-33(35)21-23(3)25-13-17-27(18-14-25)39-31-11-7-10-30-29(31)9-8-12-32(30)40-28-19-15-26(16-20-28)24(4)22-34(36)38-6-2/h7-22H,5-6H2,1-4H3. The lowest BCUT2D eigenvalue weighted by molar-refractivity contribution is -0.138. The van der Waals surface area contributed by atoms with Crippen LogP contribution in [0.1, 0.15) is 38.8 Å². The molecular formula is C34H32O6. The molecular weight excluding hydrogens is 504 g/mol. The topological polar surface area (TPSA) is 71.1 Å². The predicted octanol–water partition coefficient (Wildman–Crippen LogP) is 8.36. The largest absolute Gasteiger partial charge is 0.463 e. The second-order valence-electron chi connectivity index (χ2n) is 9.02. The molecule has 0 aliphatic heterocycles. The molecule has 0 aliphatic rings. The lowest BCUT2D eigenvalue weighted by atomic mass is 10.1. The van der Waals surface area contributed by atoms with Gasteiger partial charge >= 0.3 is 11.9 Å². The second-order valence-corrected chi connectivity index (χ2v) is 9.02. The van der Waals surface area contributed by atoms with Gasteiger partial charge in [-0.15, -0.1) is 0 Å². The Balaban J connectivity index is 1.51. The Morgan fingerprint density at radius 1 is 0.575 bits per heavy atom. The quantitative estimate of drug-likeness (QED) is 0.150.